The van der Waals surface area contributed by atoms with E-state index in [1.807, 2.05) is 0 Å². The van der Waals surface area contributed by atoms with E-state index in [2.05, 4.69) is 36.0 Å². The molecule has 0 rings (SSSR count). The van der Waals surface area contributed by atoms with Crippen molar-refractivity contribution in [3.63, 3.8) is 0 Å². The van der Waals surface area contributed by atoms with E-state index in [1.54, 1.807) is 0 Å². The first-order valence-corrected chi connectivity index (χ1v) is 6.00. The number of aliphatic imine (C=N–C) groups is 1. The molecule has 0 aliphatic carbocycles. The highest BCUT2D eigenvalue weighted by Crippen LogP contribution is 1.89. The van der Waals surface area contributed by atoms with Crippen LogP contribution < -0.4 is 11.1 Å². The van der Waals surface area contributed by atoms with E-state index >= 15 is 0 Å². The zero-order valence-corrected chi connectivity index (χ0v) is 13.2. The lowest BCUT2D eigenvalue weighted by Gasteiger charge is -2.17. The molecule has 0 bridgehead atoms. The molecule has 0 atom stereocenters. The summed E-state index contributed by atoms with van der Waals surface area (Å²) in [6.45, 7) is 11.6. The second-order valence-electron chi connectivity index (χ2n) is 3.57. The normalized spacial score (nSPS) is 11.4. The summed E-state index contributed by atoms with van der Waals surface area (Å²) in [7, 11) is 0. The minimum atomic E-state index is 0. The molecule has 4 nitrogen and oxygen atoms in total. The number of guanidine groups is 1. The lowest BCUT2D eigenvalue weighted by Crippen LogP contribution is -2.34. The van der Waals surface area contributed by atoms with E-state index in [0.29, 0.717) is 5.96 Å². The van der Waals surface area contributed by atoms with E-state index in [4.69, 9.17) is 5.73 Å². The molecule has 0 amide bonds. The van der Waals surface area contributed by atoms with Gasteiger partial charge < -0.3 is 16.0 Å². The highest BCUT2D eigenvalue weighted by atomic mass is 127. The molecule has 0 aromatic carbocycles. The van der Waals surface area contributed by atoms with Crippen LogP contribution in [0.2, 0.25) is 0 Å². The minimum Gasteiger partial charge on any atom is -0.370 e. The molecule has 0 heterocycles. The van der Waals surface area contributed by atoms with Crippen LogP contribution in [0, 0.1) is 0 Å². The molecule has 0 radical (unpaired) electrons. The van der Waals surface area contributed by atoms with E-state index in [1.165, 1.54) is 0 Å². The molecule has 0 aromatic rings. The third-order valence-electron chi connectivity index (χ3n) is 2.36. The Bertz CT molecular complexity index is 169. The van der Waals surface area contributed by atoms with Crippen molar-refractivity contribution in [2.45, 2.75) is 33.6 Å². The smallest absolute Gasteiger partial charge is 0.188 e. The van der Waals surface area contributed by atoms with Crippen molar-refractivity contribution >= 4 is 29.9 Å². The standard InChI is InChI=1S/C11H26N4.HI/c1-4-8-13-11(12)14-9-7-10-15(5-2)6-3;/h4-10H2,1-3H3,(H3,12,13,14);1H. The maximum absolute atomic E-state index is 5.67. The Balaban J connectivity index is 0. The average Bonchev–Trinajstić information content (AvgIpc) is 2.26. The summed E-state index contributed by atoms with van der Waals surface area (Å²) in [6.07, 6.45) is 2.16. The molecule has 0 fully saturated rings. The fourth-order valence-electron chi connectivity index (χ4n) is 1.35. The first-order chi connectivity index (χ1) is 7.24. The van der Waals surface area contributed by atoms with Crippen LogP contribution in [0.4, 0.5) is 0 Å². The van der Waals surface area contributed by atoms with Crippen LogP contribution in [0.3, 0.4) is 0 Å². The molecule has 16 heavy (non-hydrogen) atoms. The Morgan fingerprint density at radius 1 is 1.25 bits per heavy atom. The van der Waals surface area contributed by atoms with Gasteiger partial charge >= 0.3 is 0 Å². The van der Waals surface area contributed by atoms with Gasteiger partial charge in [-0.3, -0.25) is 4.99 Å². The highest BCUT2D eigenvalue weighted by Gasteiger charge is 1.97. The number of nitrogens with two attached hydrogens (primary N) is 1. The minimum absolute atomic E-state index is 0. The van der Waals surface area contributed by atoms with Gasteiger partial charge in [-0.25, -0.2) is 0 Å². The molecule has 3 N–H and O–H groups in total. The Morgan fingerprint density at radius 2 is 1.88 bits per heavy atom. The number of hydrogen-bond acceptors (Lipinski definition) is 2. The van der Waals surface area contributed by atoms with Crippen LogP contribution in [0.25, 0.3) is 0 Å². The summed E-state index contributed by atoms with van der Waals surface area (Å²) >= 11 is 0. The third kappa shape index (κ3) is 10.5. The van der Waals surface area contributed by atoms with Crippen LogP contribution in [-0.4, -0.2) is 43.6 Å². The molecular formula is C11H27IN4. The molecule has 0 saturated heterocycles. The predicted octanol–water partition coefficient (Wildman–Crippen LogP) is 1.65. The summed E-state index contributed by atoms with van der Waals surface area (Å²) in [5.41, 5.74) is 5.67. The topological polar surface area (TPSA) is 53.6 Å². The fraction of sp³-hybridized carbons (Fsp3) is 0.909. The lowest BCUT2D eigenvalue weighted by atomic mass is 10.3. The molecule has 0 aliphatic rings. The highest BCUT2D eigenvalue weighted by molar-refractivity contribution is 14.0. The fourth-order valence-corrected chi connectivity index (χ4v) is 1.35. The van der Waals surface area contributed by atoms with Gasteiger partial charge in [-0.2, -0.15) is 0 Å². The molecule has 0 saturated carbocycles. The number of nitrogens with zero attached hydrogens (tertiary/aromatic N) is 2. The summed E-state index contributed by atoms with van der Waals surface area (Å²) < 4.78 is 0. The van der Waals surface area contributed by atoms with Crippen LogP contribution >= 0.6 is 24.0 Å². The number of halogens is 1. The first kappa shape index (κ1) is 18.3. The maximum Gasteiger partial charge on any atom is 0.188 e. The monoisotopic (exact) mass is 342 g/mol. The van der Waals surface area contributed by atoms with Crippen LogP contribution in [0.1, 0.15) is 33.6 Å². The molecule has 0 aliphatic heterocycles. The Kier molecular flexibility index (Phi) is 14.9. The number of hydrogen-bond donors (Lipinski definition) is 2. The first-order valence-electron chi connectivity index (χ1n) is 6.00. The van der Waals surface area contributed by atoms with Crippen molar-refractivity contribution in [3.05, 3.63) is 0 Å². The van der Waals surface area contributed by atoms with Crippen molar-refractivity contribution in [3.8, 4) is 0 Å². The van der Waals surface area contributed by atoms with Crippen molar-refractivity contribution in [2.75, 3.05) is 32.7 Å². The molecule has 98 valence electrons. The van der Waals surface area contributed by atoms with Gasteiger partial charge in [0.1, 0.15) is 0 Å². The molecule has 0 aromatic heterocycles. The maximum atomic E-state index is 5.67. The third-order valence-corrected chi connectivity index (χ3v) is 2.36. The van der Waals surface area contributed by atoms with Crippen molar-refractivity contribution in [2.24, 2.45) is 10.7 Å². The van der Waals surface area contributed by atoms with Crippen molar-refractivity contribution < 1.29 is 0 Å². The number of rotatable bonds is 8. The van der Waals surface area contributed by atoms with Gasteiger partial charge in [0.15, 0.2) is 5.96 Å². The Hall–Kier alpha value is -0.0400. The van der Waals surface area contributed by atoms with Crippen LogP contribution in [0.5, 0.6) is 0 Å². The van der Waals surface area contributed by atoms with Gasteiger partial charge in [-0.1, -0.05) is 20.8 Å². The van der Waals surface area contributed by atoms with Gasteiger partial charge in [-0.05, 0) is 32.5 Å². The zero-order valence-electron chi connectivity index (χ0n) is 10.8. The summed E-state index contributed by atoms with van der Waals surface area (Å²) in [5.74, 6) is 0.580. The Labute approximate surface area is 117 Å². The van der Waals surface area contributed by atoms with Gasteiger partial charge in [0, 0.05) is 13.1 Å². The van der Waals surface area contributed by atoms with Crippen molar-refractivity contribution in [1.82, 2.24) is 10.2 Å². The molecule has 5 heteroatoms. The molecular weight excluding hydrogens is 315 g/mol. The van der Waals surface area contributed by atoms with Crippen molar-refractivity contribution in [1.29, 1.82) is 0 Å². The van der Waals surface area contributed by atoms with Gasteiger partial charge in [0.05, 0.1) is 0 Å². The van der Waals surface area contributed by atoms with Gasteiger partial charge in [0.25, 0.3) is 0 Å². The molecule has 0 unspecified atom stereocenters. The second-order valence-corrected chi connectivity index (χ2v) is 3.57. The van der Waals surface area contributed by atoms with Gasteiger partial charge in [0.2, 0.25) is 0 Å². The predicted molar refractivity (Wildman–Crippen MR) is 82.6 cm³/mol. The summed E-state index contributed by atoms with van der Waals surface area (Å²) in [4.78, 5) is 6.57. The largest absolute Gasteiger partial charge is 0.370 e. The van der Waals surface area contributed by atoms with E-state index in [9.17, 15) is 0 Å². The zero-order chi connectivity index (χ0) is 11.5. The second kappa shape index (κ2) is 13.0. The van der Waals surface area contributed by atoms with E-state index < -0.39 is 0 Å². The Morgan fingerprint density at radius 3 is 2.38 bits per heavy atom. The SMILES string of the molecule is CCCN=C(N)NCCCN(CC)CC.I. The van der Waals surface area contributed by atoms with E-state index in [-0.39, 0.29) is 24.0 Å². The van der Waals surface area contributed by atoms with Crippen LogP contribution in [-0.2, 0) is 0 Å². The summed E-state index contributed by atoms with van der Waals surface area (Å²) in [6, 6.07) is 0. The molecule has 0 spiro atoms. The summed E-state index contributed by atoms with van der Waals surface area (Å²) in [5, 5.41) is 3.12. The van der Waals surface area contributed by atoms with Gasteiger partial charge in [-0.15, -0.1) is 24.0 Å². The average molecular weight is 342 g/mol. The van der Waals surface area contributed by atoms with Crippen LogP contribution in [0.15, 0.2) is 4.99 Å². The lowest BCUT2D eigenvalue weighted by molar-refractivity contribution is 0.300. The van der Waals surface area contributed by atoms with E-state index in [0.717, 1.165) is 45.6 Å². The number of nitrogens with one attached hydrogen (secondary N) is 1. The quantitative estimate of drug-likeness (QED) is 0.305.